The number of aliphatic hydroxyl groups excluding tert-OH is 1. The Kier molecular flexibility index (Phi) is 6.44. The average Bonchev–Trinajstić information content (AvgIpc) is 3.32. The zero-order valence-electron chi connectivity index (χ0n) is 17.1. The van der Waals surface area contributed by atoms with Crippen molar-refractivity contribution < 1.29 is 23.1 Å². The second kappa shape index (κ2) is 8.88. The van der Waals surface area contributed by atoms with Gasteiger partial charge in [-0.2, -0.15) is 23.4 Å². The molecular formula is C20H23F3N6O2. The number of fused-ring (bicyclic) bond motifs is 1. The number of primary amides is 1. The van der Waals surface area contributed by atoms with Gasteiger partial charge in [0.15, 0.2) is 5.69 Å². The first kappa shape index (κ1) is 22.5. The van der Waals surface area contributed by atoms with Crippen molar-refractivity contribution in [1.82, 2.24) is 24.5 Å². The van der Waals surface area contributed by atoms with Gasteiger partial charge < -0.3 is 10.8 Å². The molecule has 0 bridgehead atoms. The van der Waals surface area contributed by atoms with E-state index in [2.05, 4.69) is 25.9 Å². The average molecular weight is 436 g/mol. The summed E-state index contributed by atoms with van der Waals surface area (Å²) < 4.78 is 38.9. The van der Waals surface area contributed by atoms with E-state index in [-0.39, 0.29) is 5.69 Å². The number of alkyl halides is 3. The summed E-state index contributed by atoms with van der Waals surface area (Å²) in [6.07, 6.45) is 0.217. The van der Waals surface area contributed by atoms with Crippen molar-refractivity contribution in [2.24, 2.45) is 12.8 Å². The minimum Gasteiger partial charge on any atom is -0.387 e. The Bertz CT molecular complexity index is 1050. The Labute approximate surface area is 176 Å². The molecule has 0 spiro atoms. The van der Waals surface area contributed by atoms with Crippen LogP contribution in [0.4, 0.5) is 13.2 Å². The van der Waals surface area contributed by atoms with Gasteiger partial charge in [-0.1, -0.05) is 0 Å². The van der Waals surface area contributed by atoms with Gasteiger partial charge in [-0.3, -0.25) is 19.1 Å². The van der Waals surface area contributed by atoms with E-state index in [0.717, 1.165) is 28.9 Å². The molecular weight excluding hydrogens is 413 g/mol. The summed E-state index contributed by atoms with van der Waals surface area (Å²) in [4.78, 5) is 14.7. The van der Waals surface area contributed by atoms with Crippen LogP contribution in [0.2, 0.25) is 0 Å². The summed E-state index contributed by atoms with van der Waals surface area (Å²) in [6, 6.07) is 6.63. The topological polar surface area (TPSA) is 112 Å². The number of aromatic nitrogens is 5. The van der Waals surface area contributed by atoms with E-state index in [1.165, 1.54) is 25.6 Å². The van der Waals surface area contributed by atoms with Crippen LogP contribution in [0.3, 0.4) is 0 Å². The molecule has 31 heavy (non-hydrogen) atoms. The van der Waals surface area contributed by atoms with Gasteiger partial charge >= 0.3 is 6.18 Å². The van der Waals surface area contributed by atoms with E-state index >= 15 is 0 Å². The highest BCUT2D eigenvalue weighted by Gasteiger charge is 2.35. The maximum Gasteiger partial charge on any atom is 0.435 e. The van der Waals surface area contributed by atoms with Gasteiger partial charge in [-0.05, 0) is 44.4 Å². The van der Waals surface area contributed by atoms with Crippen LogP contribution < -0.4 is 5.73 Å². The van der Waals surface area contributed by atoms with E-state index in [9.17, 15) is 23.1 Å². The molecule has 1 amide bonds. The van der Waals surface area contributed by atoms with Crippen LogP contribution in [0.15, 0.2) is 30.5 Å². The normalized spacial score (nSPS) is 14.4. The zero-order chi connectivity index (χ0) is 22.8. The van der Waals surface area contributed by atoms with Crippen LogP contribution in [-0.2, 0) is 26.2 Å². The number of nitrogens with zero attached hydrogens (tertiary/aromatic N) is 5. The first-order valence-electron chi connectivity index (χ1n) is 9.68. The molecule has 0 fully saturated rings. The van der Waals surface area contributed by atoms with Crippen molar-refractivity contribution in [2.45, 2.75) is 45.0 Å². The Morgan fingerprint density at radius 1 is 1.23 bits per heavy atom. The number of hydrogen-bond acceptors (Lipinski definition) is 5. The van der Waals surface area contributed by atoms with Crippen molar-refractivity contribution in [3.05, 3.63) is 53.2 Å². The number of amides is 1. The molecule has 8 nitrogen and oxygen atoms in total. The van der Waals surface area contributed by atoms with Gasteiger partial charge in [0, 0.05) is 37.1 Å². The highest BCUT2D eigenvalue weighted by Crippen LogP contribution is 2.28. The first-order valence-corrected chi connectivity index (χ1v) is 9.68. The lowest BCUT2D eigenvalue weighted by Crippen LogP contribution is -2.15. The molecule has 0 radical (unpaired) electrons. The van der Waals surface area contributed by atoms with Crippen LogP contribution in [0.5, 0.6) is 0 Å². The van der Waals surface area contributed by atoms with E-state index in [1.54, 1.807) is 13.1 Å². The zero-order valence-corrected chi connectivity index (χ0v) is 17.1. The van der Waals surface area contributed by atoms with Crippen molar-refractivity contribution in [3.8, 4) is 11.3 Å². The molecule has 166 valence electrons. The third-order valence-corrected chi connectivity index (χ3v) is 4.84. The smallest absolute Gasteiger partial charge is 0.387 e. The molecule has 3 N–H and O–H groups in total. The lowest BCUT2D eigenvalue weighted by molar-refractivity contribution is -0.141. The van der Waals surface area contributed by atoms with Crippen molar-refractivity contribution in [2.75, 3.05) is 0 Å². The second-order valence-electron chi connectivity index (χ2n) is 7.25. The molecule has 0 saturated carbocycles. The number of nitrogens with two attached hydrogens (primary N) is 1. The van der Waals surface area contributed by atoms with E-state index in [4.69, 9.17) is 5.73 Å². The Morgan fingerprint density at radius 3 is 2.52 bits per heavy atom. The lowest BCUT2D eigenvalue weighted by Gasteiger charge is -2.11. The maximum atomic E-state index is 12.0. The van der Waals surface area contributed by atoms with Gasteiger partial charge in [0.1, 0.15) is 5.69 Å². The third-order valence-electron chi connectivity index (χ3n) is 4.84. The number of carbonyl (C=O) groups is 1. The largest absolute Gasteiger partial charge is 0.435 e. The summed E-state index contributed by atoms with van der Waals surface area (Å²) in [6.45, 7) is 2.74. The third kappa shape index (κ3) is 5.29. The van der Waals surface area contributed by atoms with Crippen LogP contribution in [-0.4, -0.2) is 35.6 Å². The Hall–Kier alpha value is -3.21. The Morgan fingerprint density at radius 2 is 1.97 bits per heavy atom. The summed E-state index contributed by atoms with van der Waals surface area (Å²) in [5.74, 6) is -0.939. The molecule has 0 aliphatic carbocycles. The number of carbonyl (C=O) groups excluding carboxylic acids is 1. The second-order valence-corrected chi connectivity index (χ2v) is 7.25. The van der Waals surface area contributed by atoms with Crippen LogP contribution in [0, 0.1) is 0 Å². The highest BCUT2D eigenvalue weighted by molar-refractivity contribution is 5.91. The molecule has 1 aliphatic heterocycles. The van der Waals surface area contributed by atoms with E-state index in [0.29, 0.717) is 11.8 Å². The molecule has 0 aromatic carbocycles. The molecule has 0 saturated heterocycles. The van der Waals surface area contributed by atoms with Crippen molar-refractivity contribution in [1.29, 1.82) is 0 Å². The summed E-state index contributed by atoms with van der Waals surface area (Å²) in [5.41, 5.74) is 7.43. The number of aryl methyl sites for hydroxylation is 3. The van der Waals surface area contributed by atoms with Crippen LogP contribution in [0.25, 0.3) is 11.3 Å². The summed E-state index contributed by atoms with van der Waals surface area (Å²) in [7, 11) is 1.22. The fraction of sp³-hybridized carbons (Fsp3) is 0.400. The van der Waals surface area contributed by atoms with E-state index < -0.39 is 23.9 Å². The standard InChI is InChI=1S/C14H17N3O.C6H6F3N3O/c1-10(18)13-8-11(5-6-15-13)14-9-12-4-2-3-7-17(12)16-14;1-12-3(5(10)13)2-4(11-12)6(7,8)9/h5-6,8-10,18H,2-4,7H2,1H3;2H,1H3,(H2,10,13). The first-order chi connectivity index (χ1) is 14.6. The number of rotatable bonds is 3. The monoisotopic (exact) mass is 436 g/mol. The quantitative estimate of drug-likeness (QED) is 0.656. The van der Waals surface area contributed by atoms with Gasteiger partial charge in [-0.25, -0.2) is 0 Å². The minimum atomic E-state index is -4.55. The summed E-state index contributed by atoms with van der Waals surface area (Å²) >= 11 is 0. The minimum absolute atomic E-state index is 0.271. The SMILES string of the molecule is CC(O)c1cc(-c2cc3n(n2)CCCC3)ccn1.Cn1nc(C(F)(F)F)cc1C(N)=O. The molecule has 11 heteroatoms. The molecule has 1 aliphatic rings. The van der Waals surface area contributed by atoms with Gasteiger partial charge in [0.25, 0.3) is 5.91 Å². The van der Waals surface area contributed by atoms with E-state index in [1.807, 2.05) is 12.1 Å². The number of hydrogen-bond donors (Lipinski definition) is 2. The van der Waals surface area contributed by atoms with Crippen LogP contribution >= 0.6 is 0 Å². The maximum absolute atomic E-state index is 12.0. The predicted molar refractivity (Wildman–Crippen MR) is 106 cm³/mol. The fourth-order valence-corrected chi connectivity index (χ4v) is 3.23. The number of pyridine rings is 1. The predicted octanol–water partition coefficient (Wildman–Crippen LogP) is 2.87. The molecule has 1 unspecified atom stereocenters. The molecule has 3 aromatic heterocycles. The van der Waals surface area contributed by atoms with Crippen LogP contribution in [0.1, 0.15) is 53.4 Å². The molecule has 1 atom stereocenters. The molecule has 4 heterocycles. The highest BCUT2D eigenvalue weighted by atomic mass is 19.4. The van der Waals surface area contributed by atoms with Crippen molar-refractivity contribution in [3.63, 3.8) is 0 Å². The van der Waals surface area contributed by atoms with Gasteiger partial charge in [-0.15, -0.1) is 0 Å². The van der Waals surface area contributed by atoms with Gasteiger partial charge in [0.05, 0.1) is 17.5 Å². The van der Waals surface area contributed by atoms with Crippen molar-refractivity contribution >= 4 is 5.91 Å². The lowest BCUT2D eigenvalue weighted by atomic mass is 10.1. The van der Waals surface area contributed by atoms with Gasteiger partial charge in [0.2, 0.25) is 0 Å². The number of halogens is 3. The molecule has 4 rings (SSSR count). The molecule has 3 aromatic rings. The fourth-order valence-electron chi connectivity index (χ4n) is 3.23. The Balaban J connectivity index is 0.000000187. The summed E-state index contributed by atoms with van der Waals surface area (Å²) in [5, 5.41) is 17.3. The number of aliphatic hydroxyl groups is 1.